The van der Waals surface area contributed by atoms with Gasteiger partial charge < -0.3 is 15.4 Å². The number of carbonyl (C=O) groups excluding carboxylic acids is 1. The fourth-order valence-corrected chi connectivity index (χ4v) is 2.89. The molecule has 0 spiro atoms. The third kappa shape index (κ3) is 3.45. The van der Waals surface area contributed by atoms with Crippen LogP contribution in [0.4, 0.5) is 0 Å². The molecule has 2 N–H and O–H groups in total. The molecule has 1 saturated carbocycles. The molecule has 1 aliphatic carbocycles. The van der Waals surface area contributed by atoms with Gasteiger partial charge in [-0.05, 0) is 31.6 Å². The molecule has 1 aliphatic heterocycles. The lowest BCUT2D eigenvalue weighted by atomic mass is 10.1. The molecule has 1 heterocycles. The number of hydrogen-bond acceptors (Lipinski definition) is 3. The second kappa shape index (κ2) is 6.02. The van der Waals surface area contributed by atoms with Crippen molar-refractivity contribution < 1.29 is 9.53 Å². The van der Waals surface area contributed by atoms with Gasteiger partial charge in [0.2, 0.25) is 5.91 Å². The highest BCUT2D eigenvalue weighted by Gasteiger charge is 2.34. The maximum absolute atomic E-state index is 12.3. The second-order valence-electron chi connectivity index (χ2n) is 6.19. The van der Waals surface area contributed by atoms with Gasteiger partial charge in [0.1, 0.15) is 0 Å². The Hall–Kier alpha value is -0.610. The standard InChI is InChI=1S/C14H26N2O2/c1-10(2)9-18-13-5-6-16(8-13)14(17)11-3-4-12(15)7-11/h10-13H,3-9,15H2,1-2H3. The summed E-state index contributed by atoms with van der Waals surface area (Å²) in [6.07, 6.45) is 4.06. The Labute approximate surface area is 110 Å². The Kier molecular flexibility index (Phi) is 4.62. The van der Waals surface area contributed by atoms with Crippen LogP contribution in [0.3, 0.4) is 0 Å². The first kappa shape index (κ1) is 13.8. The van der Waals surface area contributed by atoms with Crippen LogP contribution in [-0.4, -0.2) is 42.6 Å². The number of nitrogens with two attached hydrogens (primary N) is 1. The number of carbonyl (C=O) groups is 1. The van der Waals surface area contributed by atoms with E-state index in [-0.39, 0.29) is 18.1 Å². The Morgan fingerprint density at radius 1 is 1.39 bits per heavy atom. The van der Waals surface area contributed by atoms with E-state index in [2.05, 4.69) is 13.8 Å². The minimum absolute atomic E-state index is 0.170. The van der Waals surface area contributed by atoms with Gasteiger partial charge >= 0.3 is 0 Å². The van der Waals surface area contributed by atoms with Gasteiger partial charge in [-0.2, -0.15) is 0 Å². The van der Waals surface area contributed by atoms with Gasteiger partial charge in [0, 0.05) is 31.7 Å². The van der Waals surface area contributed by atoms with Gasteiger partial charge in [0.25, 0.3) is 0 Å². The summed E-state index contributed by atoms with van der Waals surface area (Å²) in [6, 6.07) is 0.231. The van der Waals surface area contributed by atoms with Crippen molar-refractivity contribution in [2.24, 2.45) is 17.6 Å². The molecule has 3 atom stereocenters. The summed E-state index contributed by atoms with van der Waals surface area (Å²) in [5.41, 5.74) is 5.87. The lowest BCUT2D eigenvalue weighted by molar-refractivity contribution is -0.134. The van der Waals surface area contributed by atoms with E-state index in [1.807, 2.05) is 4.90 Å². The first-order valence-electron chi connectivity index (χ1n) is 7.22. The average molecular weight is 254 g/mol. The van der Waals surface area contributed by atoms with E-state index >= 15 is 0 Å². The molecular formula is C14H26N2O2. The molecule has 2 aliphatic rings. The zero-order valence-corrected chi connectivity index (χ0v) is 11.6. The van der Waals surface area contributed by atoms with Crippen molar-refractivity contribution >= 4 is 5.91 Å². The first-order chi connectivity index (χ1) is 8.56. The van der Waals surface area contributed by atoms with E-state index in [1.165, 1.54) is 0 Å². The third-order valence-corrected chi connectivity index (χ3v) is 3.94. The maximum atomic E-state index is 12.3. The van der Waals surface area contributed by atoms with E-state index < -0.39 is 0 Å². The summed E-state index contributed by atoms with van der Waals surface area (Å²) in [7, 11) is 0. The smallest absolute Gasteiger partial charge is 0.225 e. The minimum Gasteiger partial charge on any atom is -0.376 e. The average Bonchev–Trinajstić information content (AvgIpc) is 2.94. The number of hydrogen-bond donors (Lipinski definition) is 1. The fourth-order valence-electron chi connectivity index (χ4n) is 2.89. The van der Waals surface area contributed by atoms with Crippen molar-refractivity contribution in [3.63, 3.8) is 0 Å². The van der Waals surface area contributed by atoms with Crippen LogP contribution >= 0.6 is 0 Å². The molecule has 1 amide bonds. The predicted molar refractivity (Wildman–Crippen MR) is 71.1 cm³/mol. The molecule has 0 bridgehead atoms. The van der Waals surface area contributed by atoms with Gasteiger partial charge in [0.05, 0.1) is 6.10 Å². The van der Waals surface area contributed by atoms with E-state index in [4.69, 9.17) is 10.5 Å². The zero-order chi connectivity index (χ0) is 13.1. The maximum Gasteiger partial charge on any atom is 0.225 e. The summed E-state index contributed by atoms with van der Waals surface area (Å²) in [5, 5.41) is 0. The summed E-state index contributed by atoms with van der Waals surface area (Å²) >= 11 is 0. The first-order valence-corrected chi connectivity index (χ1v) is 7.22. The van der Waals surface area contributed by atoms with Crippen LogP contribution in [0.5, 0.6) is 0 Å². The molecule has 2 rings (SSSR count). The quantitative estimate of drug-likeness (QED) is 0.825. The van der Waals surface area contributed by atoms with Gasteiger partial charge in [-0.25, -0.2) is 0 Å². The molecule has 2 fully saturated rings. The Morgan fingerprint density at radius 2 is 2.17 bits per heavy atom. The molecule has 104 valence electrons. The van der Waals surface area contributed by atoms with Gasteiger partial charge in [-0.3, -0.25) is 4.79 Å². The van der Waals surface area contributed by atoms with Gasteiger partial charge in [-0.15, -0.1) is 0 Å². The van der Waals surface area contributed by atoms with Crippen LogP contribution in [0.2, 0.25) is 0 Å². The number of rotatable bonds is 4. The molecule has 4 nitrogen and oxygen atoms in total. The van der Waals surface area contributed by atoms with E-state index in [0.29, 0.717) is 11.8 Å². The molecule has 4 heteroatoms. The second-order valence-corrected chi connectivity index (χ2v) is 6.19. The van der Waals surface area contributed by atoms with Crippen LogP contribution in [0.15, 0.2) is 0 Å². The number of ether oxygens (including phenoxy) is 1. The molecule has 0 aromatic heterocycles. The summed E-state index contributed by atoms with van der Waals surface area (Å²) in [5.74, 6) is 1.03. The molecule has 1 saturated heterocycles. The topological polar surface area (TPSA) is 55.6 Å². The predicted octanol–water partition coefficient (Wildman–Crippen LogP) is 1.39. The van der Waals surface area contributed by atoms with Crippen molar-refractivity contribution in [2.45, 2.75) is 51.7 Å². The van der Waals surface area contributed by atoms with Gasteiger partial charge in [0.15, 0.2) is 0 Å². The molecule has 18 heavy (non-hydrogen) atoms. The summed E-state index contributed by atoms with van der Waals surface area (Å²) < 4.78 is 5.81. The Morgan fingerprint density at radius 3 is 2.78 bits per heavy atom. The van der Waals surface area contributed by atoms with Crippen molar-refractivity contribution in [3.8, 4) is 0 Å². The number of likely N-dealkylation sites (tertiary alicyclic amines) is 1. The highest BCUT2D eigenvalue weighted by molar-refractivity contribution is 5.79. The lowest BCUT2D eigenvalue weighted by Gasteiger charge is -2.21. The molecule has 0 aromatic rings. The van der Waals surface area contributed by atoms with Crippen LogP contribution in [0.25, 0.3) is 0 Å². The van der Waals surface area contributed by atoms with Crippen LogP contribution < -0.4 is 5.73 Å². The fraction of sp³-hybridized carbons (Fsp3) is 0.929. The molecule has 0 radical (unpaired) electrons. The molecular weight excluding hydrogens is 228 g/mol. The zero-order valence-electron chi connectivity index (χ0n) is 11.6. The number of amides is 1. The van der Waals surface area contributed by atoms with Crippen molar-refractivity contribution in [3.05, 3.63) is 0 Å². The van der Waals surface area contributed by atoms with Crippen molar-refractivity contribution in [1.82, 2.24) is 4.90 Å². The van der Waals surface area contributed by atoms with Crippen LogP contribution in [0, 0.1) is 11.8 Å². The normalized spacial score (nSPS) is 32.4. The van der Waals surface area contributed by atoms with E-state index in [0.717, 1.165) is 45.4 Å². The lowest BCUT2D eigenvalue weighted by Crippen LogP contribution is -2.35. The van der Waals surface area contributed by atoms with Crippen LogP contribution in [-0.2, 0) is 9.53 Å². The van der Waals surface area contributed by atoms with Crippen molar-refractivity contribution in [1.29, 1.82) is 0 Å². The van der Waals surface area contributed by atoms with Gasteiger partial charge in [-0.1, -0.05) is 13.8 Å². The Balaban J connectivity index is 1.76. The number of nitrogens with zero attached hydrogens (tertiary/aromatic N) is 1. The molecule has 0 aromatic carbocycles. The van der Waals surface area contributed by atoms with E-state index in [1.54, 1.807) is 0 Å². The highest BCUT2D eigenvalue weighted by atomic mass is 16.5. The summed E-state index contributed by atoms with van der Waals surface area (Å²) in [6.45, 7) is 6.72. The SMILES string of the molecule is CC(C)COC1CCN(C(=O)C2CCC(N)C2)C1. The van der Waals surface area contributed by atoms with Crippen LogP contribution in [0.1, 0.15) is 39.5 Å². The summed E-state index contributed by atoms with van der Waals surface area (Å²) in [4.78, 5) is 14.3. The third-order valence-electron chi connectivity index (χ3n) is 3.94. The Bertz CT molecular complexity index is 294. The van der Waals surface area contributed by atoms with E-state index in [9.17, 15) is 4.79 Å². The monoisotopic (exact) mass is 254 g/mol. The minimum atomic E-state index is 0.170. The largest absolute Gasteiger partial charge is 0.376 e. The highest BCUT2D eigenvalue weighted by Crippen LogP contribution is 2.27. The molecule has 3 unspecified atom stereocenters. The van der Waals surface area contributed by atoms with Crippen molar-refractivity contribution in [2.75, 3.05) is 19.7 Å².